The summed E-state index contributed by atoms with van der Waals surface area (Å²) in [5.74, 6) is 0. The highest BCUT2D eigenvalue weighted by atomic mass is 31.1. The highest BCUT2D eigenvalue weighted by Gasteiger charge is 2.06. The normalized spacial score (nSPS) is 10.8. The predicted octanol–water partition coefficient (Wildman–Crippen LogP) is 3.53. The van der Waals surface area contributed by atoms with Crippen molar-refractivity contribution < 1.29 is 0 Å². The van der Waals surface area contributed by atoms with Gasteiger partial charge in [-0.3, -0.25) is 0 Å². The summed E-state index contributed by atoms with van der Waals surface area (Å²) >= 11 is 0. The molecule has 0 aromatic heterocycles. The van der Waals surface area contributed by atoms with E-state index >= 15 is 0 Å². The van der Waals surface area contributed by atoms with Crippen LogP contribution in [0, 0.1) is 20.5 Å². The summed E-state index contributed by atoms with van der Waals surface area (Å²) in [6.45, 7) is 8.53. The van der Waals surface area contributed by atoms with Crippen molar-refractivity contribution >= 4 is 18.5 Å². The Morgan fingerprint density at radius 1 is 0.688 bits per heavy atom. The van der Waals surface area contributed by atoms with Crippen LogP contribution in [0.5, 0.6) is 0 Å². The van der Waals surface area contributed by atoms with Crippen LogP contribution in [-0.2, 0) is 0 Å². The Balaban J connectivity index is 2.28. The molecule has 81 valence electrons. The van der Waals surface area contributed by atoms with Crippen molar-refractivity contribution in [1.82, 2.24) is 0 Å². The minimum absolute atomic E-state index is 0.446. The topological polar surface area (TPSA) is 0 Å². The van der Waals surface area contributed by atoms with Gasteiger partial charge in [0.15, 0.2) is 0 Å². The largest absolute Gasteiger partial charge is 0.0587 e. The molecule has 0 bridgehead atoms. The second kappa shape index (κ2) is 4.80. The Morgan fingerprint density at radius 2 is 1.00 bits per heavy atom. The Hall–Kier alpha value is -1.13. The zero-order valence-corrected chi connectivity index (χ0v) is 10.7. The first kappa shape index (κ1) is 11.4. The smallest absolute Gasteiger partial charge is 0.0195 e. The van der Waals surface area contributed by atoms with Gasteiger partial charge in [-0.1, -0.05) is 59.7 Å². The van der Waals surface area contributed by atoms with Crippen LogP contribution >= 0.6 is 7.92 Å². The Labute approximate surface area is 99.1 Å². The number of hydrogen-bond acceptors (Lipinski definition) is 0. The molecule has 0 amide bonds. The number of benzene rings is 2. The third-order valence-corrected chi connectivity index (χ3v) is 4.53. The van der Waals surface area contributed by atoms with Crippen LogP contribution in [0.3, 0.4) is 0 Å². The minimum Gasteiger partial charge on any atom is -0.0587 e. The zero-order valence-electron chi connectivity index (χ0n) is 9.77. The molecule has 0 aliphatic rings. The molecular weight excluding hydrogens is 211 g/mol. The number of hydrogen-bond donors (Lipinski definition) is 0. The van der Waals surface area contributed by atoms with Gasteiger partial charge in [-0.15, -0.1) is 0 Å². The van der Waals surface area contributed by atoms with Crippen LogP contribution in [0.2, 0.25) is 0 Å². The molecule has 0 saturated carbocycles. The van der Waals surface area contributed by atoms with Gasteiger partial charge in [-0.05, 0) is 39.0 Å². The second-order valence-corrected chi connectivity index (χ2v) is 5.99. The molecule has 0 unspecified atom stereocenters. The van der Waals surface area contributed by atoms with Crippen LogP contribution in [0.4, 0.5) is 0 Å². The molecule has 2 aromatic rings. The lowest BCUT2D eigenvalue weighted by molar-refractivity contribution is 1.49. The molecule has 0 fully saturated rings. The first-order valence-electron chi connectivity index (χ1n) is 5.41. The molecule has 0 spiro atoms. The molecular formula is C15H16P. The third kappa shape index (κ3) is 2.51. The SMILES string of the molecule is [CH2]P(c1ccc(C)cc1)c1ccc(C)cc1. The van der Waals surface area contributed by atoms with Crippen LogP contribution in [-0.4, -0.2) is 0 Å². The maximum absolute atomic E-state index is 4.30. The lowest BCUT2D eigenvalue weighted by atomic mass is 10.2. The molecule has 1 heteroatoms. The molecule has 2 rings (SSSR count). The summed E-state index contributed by atoms with van der Waals surface area (Å²) in [5, 5.41) is 2.67. The van der Waals surface area contributed by atoms with E-state index in [1.54, 1.807) is 0 Å². The average molecular weight is 227 g/mol. The first-order chi connectivity index (χ1) is 7.66. The molecule has 0 aliphatic carbocycles. The number of aryl methyl sites for hydroxylation is 2. The van der Waals surface area contributed by atoms with E-state index in [9.17, 15) is 0 Å². The van der Waals surface area contributed by atoms with E-state index in [-0.39, 0.29) is 0 Å². The van der Waals surface area contributed by atoms with Gasteiger partial charge in [0.05, 0.1) is 0 Å². The maximum Gasteiger partial charge on any atom is -0.0195 e. The quantitative estimate of drug-likeness (QED) is 0.688. The van der Waals surface area contributed by atoms with E-state index in [4.69, 9.17) is 0 Å². The molecule has 0 N–H and O–H groups in total. The van der Waals surface area contributed by atoms with E-state index in [1.165, 1.54) is 21.7 Å². The summed E-state index contributed by atoms with van der Waals surface area (Å²) in [7, 11) is -0.446. The summed E-state index contributed by atoms with van der Waals surface area (Å²) < 4.78 is 0. The molecule has 0 nitrogen and oxygen atoms in total. The van der Waals surface area contributed by atoms with Crippen molar-refractivity contribution in [3.63, 3.8) is 0 Å². The van der Waals surface area contributed by atoms with E-state index in [2.05, 4.69) is 69.0 Å². The average Bonchev–Trinajstić information content (AvgIpc) is 2.30. The highest BCUT2D eigenvalue weighted by molar-refractivity contribution is 7.74. The van der Waals surface area contributed by atoms with E-state index in [0.717, 1.165) is 0 Å². The van der Waals surface area contributed by atoms with Crippen molar-refractivity contribution in [2.75, 3.05) is 0 Å². The predicted molar refractivity (Wildman–Crippen MR) is 73.9 cm³/mol. The number of rotatable bonds is 2. The van der Waals surface area contributed by atoms with Crippen molar-refractivity contribution in [2.24, 2.45) is 0 Å². The van der Waals surface area contributed by atoms with Gasteiger partial charge in [0.25, 0.3) is 0 Å². The summed E-state index contributed by atoms with van der Waals surface area (Å²) in [5.41, 5.74) is 2.60. The molecule has 1 radical (unpaired) electrons. The van der Waals surface area contributed by atoms with Gasteiger partial charge in [-0.2, -0.15) is 0 Å². The van der Waals surface area contributed by atoms with Crippen LogP contribution in [0.1, 0.15) is 11.1 Å². The fourth-order valence-corrected chi connectivity index (χ4v) is 2.91. The van der Waals surface area contributed by atoms with E-state index in [1.807, 2.05) is 0 Å². The van der Waals surface area contributed by atoms with Crippen LogP contribution in [0.15, 0.2) is 48.5 Å². The summed E-state index contributed by atoms with van der Waals surface area (Å²) in [4.78, 5) is 0. The molecule has 0 aliphatic heterocycles. The summed E-state index contributed by atoms with van der Waals surface area (Å²) in [6.07, 6.45) is 0. The van der Waals surface area contributed by atoms with Gasteiger partial charge in [0.1, 0.15) is 0 Å². The summed E-state index contributed by atoms with van der Waals surface area (Å²) in [6, 6.07) is 17.4. The van der Waals surface area contributed by atoms with Crippen molar-refractivity contribution in [3.05, 3.63) is 66.3 Å². The third-order valence-electron chi connectivity index (χ3n) is 2.69. The Bertz CT molecular complexity index is 408. The fraction of sp³-hybridized carbons (Fsp3) is 0.133. The Morgan fingerprint density at radius 3 is 1.31 bits per heavy atom. The minimum atomic E-state index is -0.446. The van der Waals surface area contributed by atoms with Gasteiger partial charge >= 0.3 is 0 Å². The molecule has 0 heterocycles. The van der Waals surface area contributed by atoms with Gasteiger partial charge < -0.3 is 0 Å². The Kier molecular flexibility index (Phi) is 3.41. The molecule has 0 atom stereocenters. The van der Waals surface area contributed by atoms with E-state index in [0.29, 0.717) is 0 Å². The van der Waals surface area contributed by atoms with Crippen molar-refractivity contribution in [3.8, 4) is 0 Å². The molecule has 16 heavy (non-hydrogen) atoms. The second-order valence-electron chi connectivity index (χ2n) is 4.10. The van der Waals surface area contributed by atoms with Crippen LogP contribution in [0.25, 0.3) is 0 Å². The van der Waals surface area contributed by atoms with Crippen molar-refractivity contribution in [1.29, 1.82) is 0 Å². The standard InChI is InChI=1S/C15H16P/c1-12-4-8-14(9-5-12)16(3)15-10-6-13(2)7-11-15/h4-11H,3H2,1-2H3. The lowest BCUT2D eigenvalue weighted by Crippen LogP contribution is -2.09. The lowest BCUT2D eigenvalue weighted by Gasteiger charge is -2.13. The maximum atomic E-state index is 4.30. The first-order valence-corrected chi connectivity index (χ1v) is 6.93. The van der Waals surface area contributed by atoms with Crippen LogP contribution < -0.4 is 10.6 Å². The molecule has 2 aromatic carbocycles. The van der Waals surface area contributed by atoms with Gasteiger partial charge in [0.2, 0.25) is 0 Å². The van der Waals surface area contributed by atoms with Gasteiger partial charge in [0, 0.05) is 0 Å². The van der Waals surface area contributed by atoms with Crippen molar-refractivity contribution in [2.45, 2.75) is 13.8 Å². The van der Waals surface area contributed by atoms with Gasteiger partial charge in [-0.25, -0.2) is 0 Å². The monoisotopic (exact) mass is 227 g/mol. The molecule has 0 saturated heterocycles. The zero-order chi connectivity index (χ0) is 11.5. The fourth-order valence-electron chi connectivity index (χ4n) is 1.60. The highest BCUT2D eigenvalue weighted by Crippen LogP contribution is 2.30. The van der Waals surface area contributed by atoms with E-state index < -0.39 is 7.92 Å².